The molecule has 0 saturated carbocycles. The number of hydrogen-bond acceptors (Lipinski definition) is 7. The lowest BCUT2D eigenvalue weighted by atomic mass is 10.1. The number of carbonyl (C=O) groups is 1. The van der Waals surface area contributed by atoms with E-state index in [1.54, 1.807) is 35.2 Å². The summed E-state index contributed by atoms with van der Waals surface area (Å²) >= 11 is 2.69. The number of phenols is 1. The van der Waals surface area contributed by atoms with Gasteiger partial charge in [0.2, 0.25) is 5.13 Å². The summed E-state index contributed by atoms with van der Waals surface area (Å²) in [6.07, 6.45) is 1.66. The van der Waals surface area contributed by atoms with Crippen molar-refractivity contribution in [3.8, 4) is 5.75 Å². The third-order valence-electron chi connectivity index (χ3n) is 3.52. The zero-order valence-corrected chi connectivity index (χ0v) is 15.4. The maximum absolute atomic E-state index is 12.8. The summed E-state index contributed by atoms with van der Waals surface area (Å²) in [4.78, 5) is 19.5. The normalized spacial score (nSPS) is 18.1. The van der Waals surface area contributed by atoms with Crippen molar-refractivity contribution in [3.63, 3.8) is 0 Å². The van der Waals surface area contributed by atoms with E-state index in [-0.39, 0.29) is 11.7 Å². The van der Waals surface area contributed by atoms with Crippen molar-refractivity contribution in [1.82, 2.24) is 15.1 Å². The maximum Gasteiger partial charge on any atom is 0.267 e. The van der Waals surface area contributed by atoms with Gasteiger partial charge in [-0.05, 0) is 48.9 Å². The van der Waals surface area contributed by atoms with E-state index in [0.29, 0.717) is 21.7 Å². The summed E-state index contributed by atoms with van der Waals surface area (Å²) in [6.45, 7) is 7.83. The fourth-order valence-electron chi connectivity index (χ4n) is 2.27. The Kier molecular flexibility index (Phi) is 5.00. The van der Waals surface area contributed by atoms with Crippen LogP contribution in [0.25, 0.3) is 5.57 Å². The highest BCUT2D eigenvalue weighted by atomic mass is 32.2. The molecule has 1 aromatic heterocycles. The van der Waals surface area contributed by atoms with Crippen LogP contribution in [0.15, 0.2) is 46.8 Å². The van der Waals surface area contributed by atoms with Crippen LogP contribution in [-0.2, 0) is 4.79 Å². The number of carbonyl (C=O) groups excluding carboxylic acids is 1. The number of benzene rings is 1. The van der Waals surface area contributed by atoms with E-state index in [9.17, 15) is 9.90 Å². The van der Waals surface area contributed by atoms with E-state index in [2.05, 4.69) is 21.8 Å². The number of aliphatic imine (C=N–C) groups is 1. The Morgan fingerprint density at radius 2 is 2.08 bits per heavy atom. The molecule has 1 saturated heterocycles. The Morgan fingerprint density at radius 1 is 1.36 bits per heavy atom. The Labute approximate surface area is 153 Å². The summed E-state index contributed by atoms with van der Waals surface area (Å²) < 4.78 is 0. The minimum absolute atomic E-state index is 0.115. The van der Waals surface area contributed by atoms with Crippen LogP contribution < -0.4 is 0 Å². The molecule has 6 nitrogen and oxygen atoms in total. The van der Waals surface area contributed by atoms with Crippen molar-refractivity contribution < 1.29 is 9.90 Å². The Bertz CT molecular complexity index is 884. The number of aryl methyl sites for hydroxylation is 1. The van der Waals surface area contributed by atoms with Crippen LogP contribution in [0.2, 0.25) is 0 Å². The summed E-state index contributed by atoms with van der Waals surface area (Å²) in [5, 5.41) is 19.3. The molecule has 2 heterocycles. The highest BCUT2D eigenvalue weighted by Crippen LogP contribution is 2.38. The molecule has 128 valence electrons. The van der Waals surface area contributed by atoms with Gasteiger partial charge in [0.15, 0.2) is 5.17 Å². The second-order valence-electron chi connectivity index (χ2n) is 5.31. The molecule has 0 unspecified atom stereocenters. The zero-order chi connectivity index (χ0) is 18.0. The summed E-state index contributed by atoms with van der Waals surface area (Å²) in [6, 6.07) is 6.77. The van der Waals surface area contributed by atoms with E-state index >= 15 is 0 Å². The number of allylic oxidation sites excluding steroid dienone is 1. The van der Waals surface area contributed by atoms with Crippen LogP contribution in [0, 0.1) is 6.92 Å². The molecule has 1 aliphatic rings. The lowest BCUT2D eigenvalue weighted by Gasteiger charge is -2.12. The van der Waals surface area contributed by atoms with Crippen LogP contribution in [0.3, 0.4) is 0 Å². The SMILES string of the molecule is C=CCN1C(=O)/C(=C(\C)c2ccc(O)cc2)S/C1=N/c1nnc(C)s1. The molecule has 25 heavy (non-hydrogen) atoms. The molecule has 1 N–H and O–H groups in total. The molecular formula is C17H16N4O2S2. The lowest BCUT2D eigenvalue weighted by molar-refractivity contribution is -0.121. The van der Waals surface area contributed by atoms with Gasteiger partial charge in [0.1, 0.15) is 10.8 Å². The van der Waals surface area contributed by atoms with Crippen LogP contribution in [-0.4, -0.2) is 37.8 Å². The highest BCUT2D eigenvalue weighted by Gasteiger charge is 2.34. The van der Waals surface area contributed by atoms with E-state index < -0.39 is 0 Å². The minimum Gasteiger partial charge on any atom is -0.508 e. The number of thioether (sulfide) groups is 1. The Morgan fingerprint density at radius 3 is 2.68 bits per heavy atom. The number of nitrogens with zero attached hydrogens (tertiary/aromatic N) is 4. The summed E-state index contributed by atoms with van der Waals surface area (Å²) in [5.74, 6) is 0.0737. The molecule has 2 aromatic rings. The number of hydrogen-bond donors (Lipinski definition) is 1. The lowest BCUT2D eigenvalue weighted by Crippen LogP contribution is -2.29. The number of aromatic nitrogens is 2. The molecule has 0 spiro atoms. The fourth-order valence-corrected chi connectivity index (χ4v) is 3.93. The fraction of sp³-hybridized carbons (Fsp3) is 0.176. The van der Waals surface area contributed by atoms with Gasteiger partial charge in [0, 0.05) is 6.54 Å². The van der Waals surface area contributed by atoms with E-state index in [1.165, 1.54) is 23.1 Å². The third kappa shape index (κ3) is 3.64. The van der Waals surface area contributed by atoms with Gasteiger partial charge in [-0.2, -0.15) is 4.99 Å². The first-order chi connectivity index (χ1) is 12.0. The molecule has 1 aliphatic heterocycles. The second-order valence-corrected chi connectivity index (χ2v) is 7.44. The number of amidine groups is 1. The van der Waals surface area contributed by atoms with Gasteiger partial charge in [-0.25, -0.2) is 0 Å². The molecule has 8 heteroatoms. The molecule has 1 aromatic carbocycles. The molecule has 1 amide bonds. The van der Waals surface area contributed by atoms with E-state index in [4.69, 9.17) is 0 Å². The van der Waals surface area contributed by atoms with E-state index in [1.807, 2.05) is 13.8 Å². The quantitative estimate of drug-likeness (QED) is 0.653. The Balaban J connectivity index is 2.00. The number of aromatic hydroxyl groups is 1. The van der Waals surface area contributed by atoms with Gasteiger partial charge in [-0.15, -0.1) is 16.8 Å². The molecule has 0 bridgehead atoms. The highest BCUT2D eigenvalue weighted by molar-refractivity contribution is 8.18. The van der Waals surface area contributed by atoms with Crippen molar-refractivity contribution in [1.29, 1.82) is 0 Å². The van der Waals surface area contributed by atoms with E-state index in [0.717, 1.165) is 16.1 Å². The third-order valence-corrected chi connectivity index (χ3v) is 5.43. The van der Waals surface area contributed by atoms with Crippen molar-refractivity contribution >= 4 is 44.9 Å². The van der Waals surface area contributed by atoms with Gasteiger partial charge in [0.25, 0.3) is 5.91 Å². The van der Waals surface area contributed by atoms with Crippen molar-refractivity contribution in [3.05, 3.63) is 52.4 Å². The standard InChI is InChI=1S/C17H16N4O2S2/c1-4-9-21-15(23)14(10(2)12-5-7-13(22)8-6-12)25-17(21)18-16-20-19-11(3)24-16/h4-8,22H,1,9H2,2-3H3/b14-10-,18-17+. The molecule has 0 radical (unpaired) electrons. The monoisotopic (exact) mass is 372 g/mol. The largest absolute Gasteiger partial charge is 0.508 e. The maximum atomic E-state index is 12.8. The predicted molar refractivity (Wildman–Crippen MR) is 102 cm³/mol. The Hall–Kier alpha value is -2.45. The number of rotatable bonds is 4. The van der Waals surface area contributed by atoms with Crippen LogP contribution in [0.4, 0.5) is 5.13 Å². The number of amides is 1. The van der Waals surface area contributed by atoms with Gasteiger partial charge in [-0.3, -0.25) is 9.69 Å². The molecule has 0 atom stereocenters. The average Bonchev–Trinajstić information content (AvgIpc) is 3.13. The zero-order valence-electron chi connectivity index (χ0n) is 13.8. The summed E-state index contributed by atoms with van der Waals surface area (Å²) in [5.41, 5.74) is 1.71. The van der Waals surface area contributed by atoms with Gasteiger partial charge in [0.05, 0.1) is 4.91 Å². The first-order valence-corrected chi connectivity index (χ1v) is 9.12. The van der Waals surface area contributed by atoms with Gasteiger partial charge < -0.3 is 5.11 Å². The smallest absolute Gasteiger partial charge is 0.267 e. The first kappa shape index (κ1) is 17.4. The van der Waals surface area contributed by atoms with Crippen LogP contribution in [0.1, 0.15) is 17.5 Å². The second kappa shape index (κ2) is 7.20. The van der Waals surface area contributed by atoms with Crippen LogP contribution in [0.5, 0.6) is 5.75 Å². The molecule has 0 aliphatic carbocycles. The molecular weight excluding hydrogens is 356 g/mol. The van der Waals surface area contributed by atoms with Crippen molar-refractivity contribution in [2.24, 2.45) is 4.99 Å². The number of phenolic OH excluding ortho intramolecular Hbond substituents is 1. The average molecular weight is 372 g/mol. The minimum atomic E-state index is -0.115. The van der Waals surface area contributed by atoms with Gasteiger partial charge in [-0.1, -0.05) is 29.5 Å². The molecule has 3 rings (SSSR count). The van der Waals surface area contributed by atoms with Gasteiger partial charge >= 0.3 is 0 Å². The van der Waals surface area contributed by atoms with Crippen LogP contribution >= 0.6 is 23.1 Å². The molecule has 1 fully saturated rings. The summed E-state index contributed by atoms with van der Waals surface area (Å²) in [7, 11) is 0. The van der Waals surface area contributed by atoms with Crippen molar-refractivity contribution in [2.45, 2.75) is 13.8 Å². The topological polar surface area (TPSA) is 78.7 Å². The first-order valence-electron chi connectivity index (χ1n) is 7.49. The predicted octanol–water partition coefficient (Wildman–Crippen LogP) is 3.73. The van der Waals surface area contributed by atoms with Crippen molar-refractivity contribution in [2.75, 3.05) is 6.54 Å².